The van der Waals surface area contributed by atoms with Crippen molar-refractivity contribution in [1.29, 1.82) is 0 Å². The lowest BCUT2D eigenvalue weighted by molar-refractivity contribution is 0.332. The summed E-state index contributed by atoms with van der Waals surface area (Å²) in [6.07, 6.45) is 2.36. The summed E-state index contributed by atoms with van der Waals surface area (Å²) in [5.41, 5.74) is 23.9. The van der Waals surface area contributed by atoms with E-state index in [2.05, 4.69) is 231 Å². The number of nitrogens with zero attached hydrogens (tertiary/aromatic N) is 2. The van der Waals surface area contributed by atoms with Crippen LogP contribution in [-0.2, 0) is 21.7 Å². The van der Waals surface area contributed by atoms with Gasteiger partial charge in [-0.3, -0.25) is 0 Å². The Morgan fingerprint density at radius 1 is 0.543 bits per heavy atom. The van der Waals surface area contributed by atoms with E-state index < -0.39 is 0 Å². The standard InChI is InChI=1S/C65H61BN2S2/c1-38-31-45-59-52(28-26-43-42-21-15-17-23-56(42)70-61(43)59)68(51-27-25-41(62(3,4)5)34-44(51)40-19-13-12-14-20-40)66-50-35-49-58(69-57-24-18-16-22-46(57)65(49,10)11)37-54(50)67(55(32-38)60(45)66)53-36-48-47(33-39(53)2)63(6,7)29-30-64(48,8)9/h12-28,31-37H,29-30H2,1-11H3. The van der Waals surface area contributed by atoms with Crippen molar-refractivity contribution < 1.29 is 0 Å². The van der Waals surface area contributed by atoms with Crippen molar-refractivity contribution in [1.82, 2.24) is 0 Å². The fourth-order valence-corrected chi connectivity index (χ4v) is 15.5. The molecule has 0 amide bonds. The van der Waals surface area contributed by atoms with Crippen LogP contribution in [0.2, 0.25) is 0 Å². The maximum Gasteiger partial charge on any atom is 0.333 e. The number of rotatable bonds is 3. The summed E-state index contributed by atoms with van der Waals surface area (Å²) in [6, 6.07) is 57.0. The van der Waals surface area contributed by atoms with Crippen molar-refractivity contribution in [2.24, 2.45) is 0 Å². The molecule has 0 N–H and O–H groups in total. The molecule has 4 aliphatic rings. The number of thiophene rings is 1. The lowest BCUT2D eigenvalue weighted by Gasteiger charge is -2.48. The molecule has 70 heavy (non-hydrogen) atoms. The molecule has 0 radical (unpaired) electrons. The van der Waals surface area contributed by atoms with Crippen LogP contribution in [0.3, 0.4) is 0 Å². The van der Waals surface area contributed by atoms with E-state index in [1.807, 2.05) is 23.1 Å². The van der Waals surface area contributed by atoms with E-state index >= 15 is 0 Å². The highest BCUT2D eigenvalue weighted by molar-refractivity contribution is 7.99. The van der Waals surface area contributed by atoms with Crippen LogP contribution in [0.25, 0.3) is 42.4 Å². The van der Waals surface area contributed by atoms with Gasteiger partial charge >= 0.3 is 6.85 Å². The summed E-state index contributed by atoms with van der Waals surface area (Å²) < 4.78 is 2.68. The van der Waals surface area contributed by atoms with E-state index in [1.54, 1.807) is 0 Å². The number of aryl methyl sites for hydroxylation is 2. The molecule has 0 saturated heterocycles. The van der Waals surface area contributed by atoms with E-state index in [0.29, 0.717) is 0 Å². The Morgan fingerprint density at radius 3 is 2.01 bits per heavy atom. The summed E-state index contributed by atoms with van der Waals surface area (Å²) in [4.78, 5) is 8.19. The molecular formula is C65H61BN2S2. The lowest BCUT2D eigenvalue weighted by atomic mass is 9.43. The Hall–Kier alpha value is -6.01. The molecule has 8 aromatic carbocycles. The van der Waals surface area contributed by atoms with Gasteiger partial charge in [-0.25, -0.2) is 0 Å². The van der Waals surface area contributed by atoms with Gasteiger partial charge in [-0.05, 0) is 152 Å². The third-order valence-corrected chi connectivity index (χ3v) is 19.2. The van der Waals surface area contributed by atoms with Gasteiger partial charge in [-0.2, -0.15) is 0 Å². The summed E-state index contributed by atoms with van der Waals surface area (Å²) in [7, 11) is 0. The fraction of sp³-hybridized carbons (Fsp3) is 0.262. The first-order valence-corrected chi connectivity index (χ1v) is 27.0. The summed E-state index contributed by atoms with van der Waals surface area (Å²) in [6.45, 7) is 26.3. The average Bonchev–Trinajstić information content (AvgIpc) is 3.71. The summed E-state index contributed by atoms with van der Waals surface area (Å²) in [5.74, 6) is 0. The van der Waals surface area contributed by atoms with Gasteiger partial charge in [0.2, 0.25) is 0 Å². The second-order valence-corrected chi connectivity index (χ2v) is 25.9. The average molecular weight is 945 g/mol. The zero-order chi connectivity index (χ0) is 48.4. The van der Waals surface area contributed by atoms with Crippen molar-refractivity contribution in [2.45, 2.75) is 120 Å². The Balaban J connectivity index is 1.19. The van der Waals surface area contributed by atoms with E-state index in [1.165, 1.54) is 143 Å². The molecule has 3 aliphatic heterocycles. The maximum atomic E-state index is 2.78. The van der Waals surface area contributed by atoms with Crippen LogP contribution in [-0.4, -0.2) is 6.85 Å². The smallest absolute Gasteiger partial charge is 0.333 e. The quantitative estimate of drug-likeness (QED) is 0.163. The molecule has 4 heterocycles. The highest BCUT2D eigenvalue weighted by Gasteiger charge is 2.49. The van der Waals surface area contributed by atoms with Gasteiger partial charge in [0, 0.05) is 74.9 Å². The Bertz CT molecular complexity index is 3700. The predicted molar refractivity (Wildman–Crippen MR) is 305 cm³/mol. The predicted octanol–water partition coefficient (Wildman–Crippen LogP) is 17.5. The zero-order valence-electron chi connectivity index (χ0n) is 42.6. The number of benzene rings is 8. The van der Waals surface area contributed by atoms with Crippen molar-refractivity contribution in [3.05, 3.63) is 185 Å². The molecule has 346 valence electrons. The minimum Gasteiger partial charge on any atom is -0.376 e. The molecule has 1 aromatic heterocycles. The lowest BCUT2D eigenvalue weighted by Crippen LogP contribution is -2.62. The van der Waals surface area contributed by atoms with Gasteiger partial charge in [0.1, 0.15) is 0 Å². The van der Waals surface area contributed by atoms with Gasteiger partial charge < -0.3 is 9.71 Å². The molecule has 0 bridgehead atoms. The summed E-state index contributed by atoms with van der Waals surface area (Å²) >= 11 is 3.90. The van der Waals surface area contributed by atoms with Crippen LogP contribution in [0.1, 0.15) is 114 Å². The molecule has 1 aliphatic carbocycles. The first-order valence-electron chi connectivity index (χ1n) is 25.4. The minimum atomic E-state index is -0.213. The van der Waals surface area contributed by atoms with E-state index in [9.17, 15) is 0 Å². The van der Waals surface area contributed by atoms with E-state index in [4.69, 9.17) is 0 Å². The van der Waals surface area contributed by atoms with Crippen LogP contribution in [0.15, 0.2) is 155 Å². The minimum absolute atomic E-state index is 0.0323. The second kappa shape index (κ2) is 15.0. The van der Waals surface area contributed by atoms with E-state index in [-0.39, 0.29) is 28.5 Å². The SMILES string of the molecule is Cc1cc2c3c(c1)N(c1cc4c(cc1C)C(C)(C)CCC4(C)C)c1cc4c(cc1B3N(c1ccc(C(C)(C)C)cc1-c1ccccc1)c1ccc3c(sc5ccccc53)c1-2)C(C)(C)c1ccccc1S4. The van der Waals surface area contributed by atoms with Crippen LogP contribution in [0, 0.1) is 13.8 Å². The molecule has 0 fully saturated rings. The molecular weight excluding hydrogens is 884 g/mol. The number of anilines is 5. The van der Waals surface area contributed by atoms with Crippen LogP contribution < -0.4 is 20.6 Å². The van der Waals surface area contributed by atoms with Crippen molar-refractivity contribution in [3.8, 4) is 22.3 Å². The molecule has 13 rings (SSSR count). The van der Waals surface area contributed by atoms with Crippen LogP contribution >= 0.6 is 23.1 Å². The number of fused-ring (bicyclic) bond motifs is 11. The third-order valence-electron chi connectivity index (χ3n) is 16.9. The van der Waals surface area contributed by atoms with Crippen LogP contribution in [0.5, 0.6) is 0 Å². The van der Waals surface area contributed by atoms with Crippen molar-refractivity contribution in [2.75, 3.05) is 9.71 Å². The zero-order valence-corrected chi connectivity index (χ0v) is 44.2. The largest absolute Gasteiger partial charge is 0.376 e. The van der Waals surface area contributed by atoms with E-state index in [0.717, 1.165) is 0 Å². The molecule has 2 nitrogen and oxygen atoms in total. The normalized spacial score (nSPS) is 16.9. The number of hydrogen-bond acceptors (Lipinski definition) is 4. The first kappa shape index (κ1) is 44.0. The van der Waals surface area contributed by atoms with Gasteiger partial charge in [0.05, 0.1) is 0 Å². The van der Waals surface area contributed by atoms with Gasteiger partial charge in [-0.15, -0.1) is 11.3 Å². The van der Waals surface area contributed by atoms with Gasteiger partial charge in [0.15, 0.2) is 0 Å². The van der Waals surface area contributed by atoms with Gasteiger partial charge in [0.25, 0.3) is 0 Å². The third kappa shape index (κ3) is 6.32. The first-order chi connectivity index (χ1) is 33.4. The Morgan fingerprint density at radius 2 is 1.24 bits per heavy atom. The molecule has 9 aromatic rings. The highest BCUT2D eigenvalue weighted by atomic mass is 32.2. The van der Waals surface area contributed by atoms with Gasteiger partial charge in [-0.1, -0.05) is 171 Å². The summed E-state index contributed by atoms with van der Waals surface area (Å²) in [5, 5.41) is 2.66. The molecule has 0 atom stereocenters. The Labute approximate surface area is 423 Å². The molecule has 0 unspecified atom stereocenters. The van der Waals surface area contributed by atoms with Crippen LogP contribution in [0.4, 0.5) is 28.4 Å². The number of hydrogen-bond donors (Lipinski definition) is 0. The second-order valence-electron chi connectivity index (χ2n) is 23.7. The monoisotopic (exact) mass is 944 g/mol. The fourth-order valence-electron chi connectivity index (χ4n) is 12.8. The Kier molecular flexibility index (Phi) is 9.43. The topological polar surface area (TPSA) is 6.48 Å². The highest BCUT2D eigenvalue weighted by Crippen LogP contribution is 2.57. The maximum absolute atomic E-state index is 2.78. The van der Waals surface area contributed by atoms with Crippen molar-refractivity contribution in [3.63, 3.8) is 0 Å². The molecule has 5 heteroatoms. The molecule has 0 spiro atoms. The van der Waals surface area contributed by atoms with Crippen molar-refractivity contribution >= 4 is 89.5 Å². The molecule has 0 saturated carbocycles.